The van der Waals surface area contributed by atoms with Crippen LogP contribution in [0.15, 0.2) is 39.5 Å². The Morgan fingerprint density at radius 1 is 1.48 bits per heavy atom. The van der Waals surface area contributed by atoms with Gasteiger partial charge in [0.25, 0.3) is 0 Å². The number of halogens is 3. The number of nitrogens with two attached hydrogens (primary N) is 1. The van der Waals surface area contributed by atoms with Crippen molar-refractivity contribution in [2.75, 3.05) is 0 Å². The molecule has 0 aromatic heterocycles. The van der Waals surface area contributed by atoms with E-state index in [2.05, 4.69) is 21.1 Å². The summed E-state index contributed by atoms with van der Waals surface area (Å²) in [4.78, 5) is 0. The van der Waals surface area contributed by atoms with Crippen molar-refractivity contribution in [3.63, 3.8) is 0 Å². The van der Waals surface area contributed by atoms with Crippen LogP contribution in [0.25, 0.3) is 5.57 Å². The molecule has 1 unspecified atom stereocenters. The molecule has 7 heteroatoms. The molecule has 1 aromatic carbocycles. The van der Waals surface area contributed by atoms with Gasteiger partial charge in [0.1, 0.15) is 5.67 Å². The maximum Gasteiger partial charge on any atom is 0.167 e. The van der Waals surface area contributed by atoms with Crippen molar-refractivity contribution in [2.24, 2.45) is 10.9 Å². The first-order valence-electron chi connectivity index (χ1n) is 7.09. The molecule has 23 heavy (non-hydrogen) atoms. The van der Waals surface area contributed by atoms with Gasteiger partial charge in [0.2, 0.25) is 0 Å². The molecule has 0 amide bonds. The maximum absolute atomic E-state index is 15.1. The lowest BCUT2D eigenvalue weighted by Crippen LogP contribution is -2.29. The van der Waals surface area contributed by atoms with Crippen LogP contribution in [0, 0.1) is 5.82 Å². The van der Waals surface area contributed by atoms with Crippen LogP contribution < -0.4 is 5.73 Å². The van der Waals surface area contributed by atoms with Gasteiger partial charge < -0.3 is 16.0 Å². The minimum absolute atomic E-state index is 0.0403. The number of benzene rings is 1. The fraction of sp³-hybridized carbons (Fsp3) is 0.312. The summed E-state index contributed by atoms with van der Waals surface area (Å²) in [5, 5.41) is 21.2. The Balaban J connectivity index is 2.61. The predicted molar refractivity (Wildman–Crippen MR) is 88.8 cm³/mol. The van der Waals surface area contributed by atoms with Crippen molar-refractivity contribution in [1.82, 2.24) is 0 Å². The second kappa shape index (κ2) is 6.70. The third-order valence-electron chi connectivity index (χ3n) is 3.72. The zero-order valence-electron chi connectivity index (χ0n) is 12.5. The van der Waals surface area contributed by atoms with Crippen molar-refractivity contribution in [3.8, 4) is 5.75 Å². The van der Waals surface area contributed by atoms with Gasteiger partial charge >= 0.3 is 0 Å². The van der Waals surface area contributed by atoms with E-state index >= 15 is 4.39 Å². The topological polar surface area (TPSA) is 78.8 Å². The SMILES string of the molecule is CCCC1(F)C=C(c2ccc(O)c(F)c2)C(Br)=C(C(N)=NO)C1. The van der Waals surface area contributed by atoms with Crippen LogP contribution in [0.4, 0.5) is 8.78 Å². The van der Waals surface area contributed by atoms with E-state index in [1.165, 1.54) is 18.2 Å². The van der Waals surface area contributed by atoms with Gasteiger partial charge in [-0.3, -0.25) is 0 Å². The largest absolute Gasteiger partial charge is 0.505 e. The standard InChI is InChI=1S/C16H17BrF2N2O2/c1-2-5-16(19)7-10(9-3-4-13(22)12(18)6-9)14(17)11(8-16)15(20)21-23/h3-4,6-7,22-23H,2,5,8H2,1H3,(H2,20,21). The van der Waals surface area contributed by atoms with E-state index in [1.807, 2.05) is 6.92 Å². The van der Waals surface area contributed by atoms with E-state index in [9.17, 15) is 9.50 Å². The zero-order valence-corrected chi connectivity index (χ0v) is 14.1. The first-order chi connectivity index (χ1) is 10.8. The summed E-state index contributed by atoms with van der Waals surface area (Å²) >= 11 is 3.33. The minimum Gasteiger partial charge on any atom is -0.505 e. The first kappa shape index (κ1) is 17.5. The molecule has 1 aliphatic rings. The highest BCUT2D eigenvalue weighted by atomic mass is 79.9. The second-order valence-electron chi connectivity index (χ2n) is 5.46. The van der Waals surface area contributed by atoms with Crippen molar-refractivity contribution < 1.29 is 19.1 Å². The summed E-state index contributed by atoms with van der Waals surface area (Å²) in [6.45, 7) is 1.85. The molecule has 1 aromatic rings. The highest BCUT2D eigenvalue weighted by Gasteiger charge is 2.35. The zero-order chi connectivity index (χ0) is 17.2. The highest BCUT2D eigenvalue weighted by Crippen LogP contribution is 2.44. The number of aromatic hydroxyl groups is 1. The monoisotopic (exact) mass is 386 g/mol. The number of nitrogens with zero attached hydrogens (tertiary/aromatic N) is 1. The number of rotatable bonds is 4. The van der Waals surface area contributed by atoms with Gasteiger partial charge in [-0.05, 0) is 51.7 Å². The molecule has 4 N–H and O–H groups in total. The molecule has 1 atom stereocenters. The molecule has 124 valence electrons. The number of hydrogen-bond donors (Lipinski definition) is 3. The molecular formula is C16H17BrF2N2O2. The number of amidine groups is 1. The fourth-order valence-corrected chi connectivity index (χ4v) is 3.32. The Morgan fingerprint density at radius 2 is 2.17 bits per heavy atom. The van der Waals surface area contributed by atoms with Gasteiger partial charge in [0.15, 0.2) is 17.4 Å². The number of phenolic OH excluding ortho intramolecular Hbond substituents is 1. The van der Waals surface area contributed by atoms with Crippen molar-refractivity contribution in [1.29, 1.82) is 0 Å². The van der Waals surface area contributed by atoms with E-state index < -0.39 is 17.2 Å². The summed E-state index contributed by atoms with van der Waals surface area (Å²) in [6.07, 6.45) is 2.23. The number of phenols is 1. The summed E-state index contributed by atoms with van der Waals surface area (Å²) in [5.74, 6) is -1.48. The molecule has 0 fully saturated rings. The van der Waals surface area contributed by atoms with Crippen LogP contribution in [-0.4, -0.2) is 21.8 Å². The lowest BCUT2D eigenvalue weighted by molar-refractivity contribution is 0.211. The molecule has 0 saturated heterocycles. The lowest BCUT2D eigenvalue weighted by Gasteiger charge is -2.29. The minimum atomic E-state index is -1.68. The Kier molecular flexibility index (Phi) is 5.09. The summed E-state index contributed by atoms with van der Waals surface area (Å²) in [5.41, 5.74) is 5.07. The molecule has 0 bridgehead atoms. The van der Waals surface area contributed by atoms with E-state index in [0.29, 0.717) is 27.6 Å². The van der Waals surface area contributed by atoms with Crippen LogP contribution in [0.5, 0.6) is 5.75 Å². The molecule has 0 heterocycles. The molecule has 0 spiro atoms. The number of hydrogen-bond acceptors (Lipinski definition) is 3. The quantitative estimate of drug-likeness (QED) is 0.313. The van der Waals surface area contributed by atoms with Crippen LogP contribution >= 0.6 is 15.9 Å². The number of allylic oxidation sites excluding steroid dienone is 3. The summed E-state index contributed by atoms with van der Waals surface area (Å²) in [6, 6.07) is 3.79. The van der Waals surface area contributed by atoms with Gasteiger partial charge in [-0.2, -0.15) is 0 Å². The van der Waals surface area contributed by atoms with Crippen molar-refractivity contribution in [3.05, 3.63) is 45.7 Å². The molecule has 1 aliphatic carbocycles. The molecule has 2 rings (SSSR count). The van der Waals surface area contributed by atoms with Crippen molar-refractivity contribution in [2.45, 2.75) is 31.9 Å². The molecule has 0 aliphatic heterocycles. The van der Waals surface area contributed by atoms with Crippen LogP contribution in [0.2, 0.25) is 0 Å². The van der Waals surface area contributed by atoms with Gasteiger partial charge in [-0.15, -0.1) is 0 Å². The van der Waals surface area contributed by atoms with Crippen molar-refractivity contribution >= 4 is 27.3 Å². The van der Waals surface area contributed by atoms with Crippen LogP contribution in [-0.2, 0) is 0 Å². The maximum atomic E-state index is 15.1. The normalized spacial score (nSPS) is 22.3. The predicted octanol–water partition coefficient (Wildman–Crippen LogP) is 4.22. The average Bonchev–Trinajstić information content (AvgIpc) is 2.51. The first-order valence-corrected chi connectivity index (χ1v) is 7.88. The Labute approximate surface area is 141 Å². The fourth-order valence-electron chi connectivity index (χ4n) is 2.63. The number of oxime groups is 1. The summed E-state index contributed by atoms with van der Waals surface area (Å²) < 4.78 is 29.2. The summed E-state index contributed by atoms with van der Waals surface area (Å²) in [7, 11) is 0. The number of alkyl halides is 1. The van der Waals surface area contributed by atoms with E-state index in [-0.39, 0.29) is 18.7 Å². The van der Waals surface area contributed by atoms with E-state index in [1.54, 1.807) is 0 Å². The smallest absolute Gasteiger partial charge is 0.167 e. The molecule has 4 nitrogen and oxygen atoms in total. The molecule has 0 saturated carbocycles. The van der Waals surface area contributed by atoms with Crippen LogP contribution in [0.3, 0.4) is 0 Å². The highest BCUT2D eigenvalue weighted by molar-refractivity contribution is 9.12. The van der Waals surface area contributed by atoms with Gasteiger partial charge in [0, 0.05) is 16.5 Å². The Morgan fingerprint density at radius 3 is 2.74 bits per heavy atom. The average molecular weight is 387 g/mol. The van der Waals surface area contributed by atoms with Gasteiger partial charge in [-0.25, -0.2) is 8.78 Å². The van der Waals surface area contributed by atoms with E-state index in [0.717, 1.165) is 6.07 Å². The van der Waals surface area contributed by atoms with Gasteiger partial charge in [-0.1, -0.05) is 24.6 Å². The third-order valence-corrected chi connectivity index (χ3v) is 4.62. The Bertz CT molecular complexity index is 716. The second-order valence-corrected chi connectivity index (χ2v) is 6.26. The van der Waals surface area contributed by atoms with E-state index in [4.69, 9.17) is 10.9 Å². The third kappa shape index (κ3) is 3.55. The lowest BCUT2D eigenvalue weighted by atomic mass is 9.82. The molecule has 0 radical (unpaired) electrons. The van der Waals surface area contributed by atoms with Gasteiger partial charge in [0.05, 0.1) is 0 Å². The molecular weight excluding hydrogens is 370 g/mol. The van der Waals surface area contributed by atoms with Crippen LogP contribution in [0.1, 0.15) is 31.7 Å². The Hall–Kier alpha value is -1.89.